The minimum atomic E-state index is -2.31. The summed E-state index contributed by atoms with van der Waals surface area (Å²) in [6.07, 6.45) is 17.9. The number of benzene rings is 1. The molecule has 208 valence electrons. The van der Waals surface area contributed by atoms with Gasteiger partial charge in [-0.1, -0.05) is 84.0 Å². The summed E-state index contributed by atoms with van der Waals surface area (Å²) in [7, 11) is 0. The van der Waals surface area contributed by atoms with Crippen LogP contribution in [0.1, 0.15) is 118 Å². The first-order valence-corrected chi connectivity index (χ1v) is 12.8. The highest BCUT2D eigenvalue weighted by molar-refractivity contribution is 5.69. The van der Waals surface area contributed by atoms with E-state index in [1.165, 1.54) is 70.6 Å². The van der Waals surface area contributed by atoms with E-state index in [0.29, 0.717) is 6.42 Å². The van der Waals surface area contributed by atoms with E-state index < -0.39 is 41.3 Å². The van der Waals surface area contributed by atoms with Crippen molar-refractivity contribution >= 4 is 12.4 Å². The van der Waals surface area contributed by atoms with E-state index >= 15 is 0 Å². The van der Waals surface area contributed by atoms with E-state index in [4.69, 9.17) is 4.74 Å². The zero-order valence-electron chi connectivity index (χ0n) is 22.0. The van der Waals surface area contributed by atoms with Gasteiger partial charge in [-0.2, -0.15) is 8.78 Å². The summed E-state index contributed by atoms with van der Waals surface area (Å²) < 4.78 is 71.2. The first-order valence-electron chi connectivity index (χ1n) is 12.8. The zero-order chi connectivity index (χ0) is 27.6. The van der Waals surface area contributed by atoms with Gasteiger partial charge in [0.2, 0.25) is 34.8 Å². The van der Waals surface area contributed by atoms with Gasteiger partial charge in [-0.3, -0.25) is 9.59 Å². The number of carbonyl (C=O) groups excluding carboxylic acids is 2. The van der Waals surface area contributed by atoms with Gasteiger partial charge >= 0.3 is 5.97 Å². The molecule has 0 unspecified atom stereocenters. The fourth-order valence-electron chi connectivity index (χ4n) is 3.42. The minimum absolute atomic E-state index is 0.0458. The summed E-state index contributed by atoms with van der Waals surface area (Å²) >= 11 is 0. The lowest BCUT2D eigenvalue weighted by molar-refractivity contribution is -0.154. The SMILES string of the molecule is CCCCCCCCCCCCCCCC(=O)OC(C)(C)C.O=COc1c(F)c(F)c(F)c(F)c1F. The molecule has 36 heavy (non-hydrogen) atoms. The molecule has 4 nitrogen and oxygen atoms in total. The van der Waals surface area contributed by atoms with Crippen LogP contribution >= 0.6 is 0 Å². The first-order chi connectivity index (χ1) is 17.0. The Hall–Kier alpha value is -2.19. The van der Waals surface area contributed by atoms with Crippen LogP contribution in [0.5, 0.6) is 5.75 Å². The topological polar surface area (TPSA) is 52.6 Å². The number of ether oxygens (including phenoxy) is 2. The van der Waals surface area contributed by atoms with Crippen LogP contribution in [0.4, 0.5) is 22.0 Å². The summed E-state index contributed by atoms with van der Waals surface area (Å²) in [6.45, 7) is 7.60. The van der Waals surface area contributed by atoms with Crippen molar-refractivity contribution in [1.82, 2.24) is 0 Å². The van der Waals surface area contributed by atoms with Gasteiger partial charge in [-0.15, -0.1) is 0 Å². The molecule has 0 N–H and O–H groups in total. The number of esters is 1. The quantitative estimate of drug-likeness (QED) is 0.0542. The van der Waals surface area contributed by atoms with Crippen molar-refractivity contribution in [3.63, 3.8) is 0 Å². The van der Waals surface area contributed by atoms with Gasteiger partial charge in [0.05, 0.1) is 0 Å². The Labute approximate surface area is 211 Å². The molecule has 1 aromatic rings. The van der Waals surface area contributed by atoms with Crippen LogP contribution < -0.4 is 4.74 Å². The van der Waals surface area contributed by atoms with Crippen molar-refractivity contribution in [3.8, 4) is 5.75 Å². The molecule has 0 spiro atoms. The predicted molar refractivity (Wildman–Crippen MR) is 129 cm³/mol. The molecule has 1 aromatic carbocycles. The lowest BCUT2D eigenvalue weighted by atomic mass is 10.0. The highest BCUT2D eigenvalue weighted by Crippen LogP contribution is 2.28. The number of rotatable bonds is 16. The van der Waals surface area contributed by atoms with Gasteiger partial charge < -0.3 is 9.47 Å². The number of halogens is 5. The Morgan fingerprint density at radius 1 is 0.667 bits per heavy atom. The fraction of sp³-hybridized carbons (Fsp3) is 0.704. The largest absolute Gasteiger partial charge is 0.460 e. The molecule has 0 aliphatic rings. The Morgan fingerprint density at radius 3 is 1.39 bits per heavy atom. The summed E-state index contributed by atoms with van der Waals surface area (Å²) in [5, 5.41) is 0. The second-order valence-electron chi connectivity index (χ2n) is 9.69. The molecule has 0 radical (unpaired) electrons. The van der Waals surface area contributed by atoms with Crippen molar-refractivity contribution in [2.45, 2.75) is 123 Å². The van der Waals surface area contributed by atoms with E-state index in [0.717, 1.165) is 12.8 Å². The molecule has 1 rings (SSSR count). The molecule has 0 heterocycles. The summed E-state index contributed by atoms with van der Waals surface area (Å²) in [4.78, 5) is 21.2. The van der Waals surface area contributed by atoms with Gasteiger partial charge in [0.15, 0.2) is 0 Å². The van der Waals surface area contributed by atoms with Gasteiger partial charge in [0.25, 0.3) is 6.47 Å². The number of carbonyl (C=O) groups is 2. The van der Waals surface area contributed by atoms with E-state index in [1.807, 2.05) is 20.8 Å². The molecule has 9 heteroatoms. The van der Waals surface area contributed by atoms with Crippen molar-refractivity contribution in [1.29, 1.82) is 0 Å². The van der Waals surface area contributed by atoms with Crippen LogP contribution in [0.25, 0.3) is 0 Å². The number of unbranched alkanes of at least 4 members (excludes halogenated alkanes) is 12. The molecule has 0 saturated carbocycles. The molecular formula is C27H41F5O4. The third-order valence-corrected chi connectivity index (χ3v) is 5.24. The average molecular weight is 525 g/mol. The second kappa shape index (κ2) is 19.0. The van der Waals surface area contributed by atoms with E-state index in [9.17, 15) is 31.5 Å². The highest BCUT2D eigenvalue weighted by atomic mass is 19.2. The van der Waals surface area contributed by atoms with Crippen LogP contribution in [0, 0.1) is 29.1 Å². The van der Waals surface area contributed by atoms with Crippen LogP contribution in [0.15, 0.2) is 0 Å². The lowest BCUT2D eigenvalue weighted by Crippen LogP contribution is -2.23. The van der Waals surface area contributed by atoms with Gasteiger partial charge in [-0.05, 0) is 27.2 Å². The van der Waals surface area contributed by atoms with E-state index in [1.54, 1.807) is 0 Å². The zero-order valence-corrected chi connectivity index (χ0v) is 22.0. The summed E-state index contributed by atoms with van der Waals surface area (Å²) in [5.74, 6) is -12.7. The number of hydrogen-bond donors (Lipinski definition) is 0. The molecule has 0 amide bonds. The third kappa shape index (κ3) is 15.0. The van der Waals surface area contributed by atoms with Crippen LogP contribution in [0.3, 0.4) is 0 Å². The highest BCUT2D eigenvalue weighted by Gasteiger charge is 2.26. The molecule has 0 aromatic heterocycles. The van der Waals surface area contributed by atoms with Crippen molar-refractivity contribution in [2.24, 2.45) is 0 Å². The average Bonchev–Trinajstić information content (AvgIpc) is 2.81. The molecular weight excluding hydrogens is 483 g/mol. The maximum Gasteiger partial charge on any atom is 0.306 e. The van der Waals surface area contributed by atoms with Crippen LogP contribution in [0.2, 0.25) is 0 Å². The lowest BCUT2D eigenvalue weighted by Gasteiger charge is -2.19. The van der Waals surface area contributed by atoms with Gasteiger partial charge in [0.1, 0.15) is 5.60 Å². The van der Waals surface area contributed by atoms with Crippen molar-refractivity contribution in [3.05, 3.63) is 29.1 Å². The standard InChI is InChI=1S/C20H40O2.C7HF5O2/c1-5-6-7-8-9-10-11-12-13-14-15-16-17-18-19(21)22-20(2,3)4;8-2-3(9)5(11)7(14-1-13)6(12)4(2)10/h5-18H2,1-4H3;1H. The molecule has 0 atom stereocenters. The molecule has 0 saturated heterocycles. The normalized spacial score (nSPS) is 11.0. The molecule has 0 fully saturated rings. The fourth-order valence-corrected chi connectivity index (χ4v) is 3.42. The number of hydrogen-bond acceptors (Lipinski definition) is 4. The first kappa shape index (κ1) is 33.8. The summed E-state index contributed by atoms with van der Waals surface area (Å²) in [5.41, 5.74) is -0.340. The Bertz CT molecular complexity index is 749. The Kier molecular flexibility index (Phi) is 17.8. The maximum absolute atomic E-state index is 12.6. The minimum Gasteiger partial charge on any atom is -0.460 e. The van der Waals surface area contributed by atoms with Crippen LogP contribution in [-0.4, -0.2) is 18.0 Å². The van der Waals surface area contributed by atoms with Crippen molar-refractivity contribution < 1.29 is 41.0 Å². The van der Waals surface area contributed by atoms with Crippen molar-refractivity contribution in [2.75, 3.05) is 0 Å². The smallest absolute Gasteiger partial charge is 0.306 e. The monoisotopic (exact) mass is 524 g/mol. The second-order valence-corrected chi connectivity index (χ2v) is 9.69. The molecule has 0 aliphatic carbocycles. The van der Waals surface area contributed by atoms with Gasteiger partial charge in [0, 0.05) is 6.42 Å². The van der Waals surface area contributed by atoms with E-state index in [-0.39, 0.29) is 11.6 Å². The molecule has 0 aliphatic heterocycles. The summed E-state index contributed by atoms with van der Waals surface area (Å²) in [6, 6.07) is 0. The maximum atomic E-state index is 12.6. The van der Waals surface area contributed by atoms with Gasteiger partial charge in [-0.25, -0.2) is 13.2 Å². The van der Waals surface area contributed by atoms with Crippen LogP contribution in [-0.2, 0) is 14.3 Å². The Morgan fingerprint density at radius 2 is 1.03 bits per heavy atom. The predicted octanol–water partition coefficient (Wildman–Crippen LogP) is 8.73. The van der Waals surface area contributed by atoms with E-state index in [2.05, 4.69) is 11.7 Å². The third-order valence-electron chi connectivity index (χ3n) is 5.24. The molecule has 0 bridgehead atoms. The Balaban J connectivity index is 0.000000748.